The van der Waals surface area contributed by atoms with Crippen LogP contribution in [0.1, 0.15) is 39.5 Å². The van der Waals surface area contributed by atoms with Crippen LogP contribution >= 0.6 is 0 Å². The van der Waals surface area contributed by atoms with Gasteiger partial charge in [-0.2, -0.15) is 0 Å². The summed E-state index contributed by atoms with van der Waals surface area (Å²) in [6.07, 6.45) is 4.12. The number of carboxylic acid groups (broad SMARTS) is 1. The largest absolute Gasteiger partial charge is 0.481 e. The number of rotatable bonds is 7. The van der Waals surface area contributed by atoms with Crippen LogP contribution in [-0.4, -0.2) is 23.8 Å². The summed E-state index contributed by atoms with van der Waals surface area (Å²) in [5, 5.41) is 9.06. The summed E-state index contributed by atoms with van der Waals surface area (Å²) in [5.74, 6) is -0.586. The molecule has 0 bridgehead atoms. The number of hydrogen-bond acceptors (Lipinski definition) is 2. The molecule has 3 nitrogen and oxygen atoms in total. The molecule has 0 saturated carbocycles. The molecule has 0 aliphatic carbocycles. The quantitative estimate of drug-likeness (QED) is 0.641. The summed E-state index contributed by atoms with van der Waals surface area (Å²) < 4.78 is 5.12. The molecule has 1 N–H and O–H groups in total. The minimum absolute atomic E-state index is 0.181. The number of ether oxygens (including phenoxy) is 1. The van der Waals surface area contributed by atoms with E-state index < -0.39 is 5.97 Å². The Balaban J connectivity index is 2.34. The van der Waals surface area contributed by atoms with Crippen LogP contribution in [0.15, 0.2) is 0 Å². The number of epoxide rings is 1. The van der Waals surface area contributed by atoms with Gasteiger partial charge in [0.2, 0.25) is 0 Å². The van der Waals surface area contributed by atoms with Gasteiger partial charge in [0, 0.05) is 0 Å². The molecule has 1 saturated heterocycles. The number of aliphatic carboxylic acids is 1. The summed E-state index contributed by atoms with van der Waals surface area (Å²) in [5.41, 5.74) is 0. The highest BCUT2D eigenvalue weighted by atomic mass is 16.6. The van der Waals surface area contributed by atoms with E-state index in [-0.39, 0.29) is 11.8 Å². The third-order valence-electron chi connectivity index (χ3n) is 2.91. The van der Waals surface area contributed by atoms with Gasteiger partial charge in [0.15, 0.2) is 0 Å². The number of unbranched alkanes of at least 4 members (excludes halogenated alkanes) is 1. The van der Waals surface area contributed by atoms with Gasteiger partial charge in [0.25, 0.3) is 0 Å². The summed E-state index contributed by atoms with van der Waals surface area (Å²) in [7, 11) is 0. The van der Waals surface area contributed by atoms with Crippen LogP contribution in [0, 0.1) is 11.8 Å². The van der Waals surface area contributed by atoms with Crippen molar-refractivity contribution in [3.8, 4) is 0 Å². The Kier molecular flexibility index (Phi) is 4.39. The van der Waals surface area contributed by atoms with Crippen molar-refractivity contribution in [1.82, 2.24) is 0 Å². The molecule has 3 unspecified atom stereocenters. The first-order chi connectivity index (χ1) is 6.65. The van der Waals surface area contributed by atoms with E-state index in [1.807, 2.05) is 6.92 Å². The van der Waals surface area contributed by atoms with Crippen molar-refractivity contribution in [3.05, 3.63) is 0 Å². The van der Waals surface area contributed by atoms with Gasteiger partial charge in [-0.1, -0.05) is 26.7 Å². The zero-order valence-electron chi connectivity index (χ0n) is 9.03. The predicted octanol–water partition coefficient (Wildman–Crippen LogP) is 2.30. The Morgan fingerprint density at radius 3 is 2.71 bits per heavy atom. The maximum absolute atomic E-state index is 11.0. The van der Waals surface area contributed by atoms with Crippen molar-refractivity contribution in [3.63, 3.8) is 0 Å². The molecule has 1 aliphatic rings. The molecule has 14 heavy (non-hydrogen) atoms. The molecule has 0 amide bonds. The lowest BCUT2D eigenvalue weighted by Gasteiger charge is -2.18. The van der Waals surface area contributed by atoms with Crippen molar-refractivity contribution in [2.24, 2.45) is 11.8 Å². The number of hydrogen-bond donors (Lipinski definition) is 1. The van der Waals surface area contributed by atoms with E-state index in [1.54, 1.807) is 0 Å². The van der Waals surface area contributed by atoms with Crippen LogP contribution in [0.3, 0.4) is 0 Å². The SMILES string of the molecule is CCCCC(C(=O)O)C(C)CC1CO1. The van der Waals surface area contributed by atoms with E-state index in [1.165, 1.54) is 0 Å². The number of carbonyl (C=O) groups is 1. The Labute approximate surface area is 85.5 Å². The lowest BCUT2D eigenvalue weighted by Crippen LogP contribution is -2.22. The second-order valence-corrected chi connectivity index (χ2v) is 4.26. The van der Waals surface area contributed by atoms with Crippen LogP contribution in [0.2, 0.25) is 0 Å². The highest BCUT2D eigenvalue weighted by Gasteiger charge is 2.31. The van der Waals surface area contributed by atoms with Gasteiger partial charge < -0.3 is 9.84 Å². The average molecular weight is 200 g/mol. The number of carboxylic acids is 1. The fourth-order valence-corrected chi connectivity index (χ4v) is 1.86. The molecule has 1 aliphatic heterocycles. The first kappa shape index (κ1) is 11.5. The Morgan fingerprint density at radius 2 is 2.29 bits per heavy atom. The zero-order chi connectivity index (χ0) is 10.6. The van der Waals surface area contributed by atoms with Gasteiger partial charge in [0.05, 0.1) is 18.6 Å². The summed E-state index contributed by atoms with van der Waals surface area (Å²) in [4.78, 5) is 11.0. The van der Waals surface area contributed by atoms with Crippen LogP contribution in [0.4, 0.5) is 0 Å². The van der Waals surface area contributed by atoms with Crippen LogP contribution in [-0.2, 0) is 9.53 Å². The van der Waals surface area contributed by atoms with Crippen molar-refractivity contribution >= 4 is 5.97 Å². The minimum atomic E-state index is -0.647. The molecule has 3 atom stereocenters. The third-order valence-corrected chi connectivity index (χ3v) is 2.91. The molecule has 0 aromatic rings. The topological polar surface area (TPSA) is 49.8 Å². The van der Waals surface area contributed by atoms with Gasteiger partial charge in [-0.15, -0.1) is 0 Å². The zero-order valence-corrected chi connectivity index (χ0v) is 9.03. The molecule has 0 spiro atoms. The second-order valence-electron chi connectivity index (χ2n) is 4.26. The normalized spacial score (nSPS) is 24.3. The molecule has 1 fully saturated rings. The fraction of sp³-hybridized carbons (Fsp3) is 0.909. The maximum atomic E-state index is 11.0. The molecular formula is C11H20O3. The van der Waals surface area contributed by atoms with Crippen LogP contribution in [0.25, 0.3) is 0 Å². The Bertz CT molecular complexity index is 187. The standard InChI is InChI=1S/C11H20O3/c1-3-4-5-10(11(12)13)8(2)6-9-7-14-9/h8-10H,3-7H2,1-2H3,(H,12,13). The van der Waals surface area contributed by atoms with Gasteiger partial charge >= 0.3 is 5.97 Å². The molecule has 0 aromatic carbocycles. The van der Waals surface area contributed by atoms with E-state index in [0.29, 0.717) is 6.10 Å². The average Bonchev–Trinajstić information content (AvgIpc) is 2.88. The first-order valence-corrected chi connectivity index (χ1v) is 5.49. The lowest BCUT2D eigenvalue weighted by molar-refractivity contribution is -0.143. The van der Waals surface area contributed by atoms with E-state index in [9.17, 15) is 4.79 Å². The fourth-order valence-electron chi connectivity index (χ4n) is 1.86. The maximum Gasteiger partial charge on any atom is 0.306 e. The molecule has 1 heterocycles. The highest BCUT2D eigenvalue weighted by molar-refractivity contribution is 5.70. The van der Waals surface area contributed by atoms with E-state index >= 15 is 0 Å². The minimum Gasteiger partial charge on any atom is -0.481 e. The summed E-state index contributed by atoms with van der Waals surface area (Å²) >= 11 is 0. The lowest BCUT2D eigenvalue weighted by atomic mass is 9.86. The second kappa shape index (κ2) is 5.35. The van der Waals surface area contributed by atoms with E-state index in [0.717, 1.165) is 32.3 Å². The monoisotopic (exact) mass is 200 g/mol. The van der Waals surface area contributed by atoms with Gasteiger partial charge in [0.1, 0.15) is 0 Å². The Hall–Kier alpha value is -0.570. The molecular weight excluding hydrogens is 180 g/mol. The molecule has 0 radical (unpaired) electrons. The Morgan fingerprint density at radius 1 is 1.64 bits per heavy atom. The molecule has 82 valence electrons. The molecule has 3 heteroatoms. The van der Waals surface area contributed by atoms with Gasteiger partial charge in [-0.05, 0) is 18.8 Å². The molecule has 1 rings (SSSR count). The predicted molar refractivity (Wildman–Crippen MR) is 54.2 cm³/mol. The summed E-state index contributed by atoms with van der Waals surface area (Å²) in [6, 6.07) is 0. The van der Waals surface area contributed by atoms with E-state index in [4.69, 9.17) is 9.84 Å². The smallest absolute Gasteiger partial charge is 0.306 e. The highest BCUT2D eigenvalue weighted by Crippen LogP contribution is 2.27. The van der Waals surface area contributed by atoms with Gasteiger partial charge in [-0.3, -0.25) is 4.79 Å². The summed E-state index contributed by atoms with van der Waals surface area (Å²) in [6.45, 7) is 4.94. The van der Waals surface area contributed by atoms with Crippen molar-refractivity contribution < 1.29 is 14.6 Å². The molecule has 0 aromatic heterocycles. The van der Waals surface area contributed by atoms with Gasteiger partial charge in [-0.25, -0.2) is 0 Å². The third kappa shape index (κ3) is 3.66. The van der Waals surface area contributed by atoms with E-state index in [2.05, 4.69) is 6.92 Å². The van der Waals surface area contributed by atoms with Crippen molar-refractivity contribution in [2.75, 3.05) is 6.61 Å². The van der Waals surface area contributed by atoms with Crippen molar-refractivity contribution in [1.29, 1.82) is 0 Å². The first-order valence-electron chi connectivity index (χ1n) is 5.49. The van der Waals surface area contributed by atoms with Crippen LogP contribution in [0.5, 0.6) is 0 Å². The van der Waals surface area contributed by atoms with Crippen LogP contribution < -0.4 is 0 Å². The van der Waals surface area contributed by atoms with Crippen molar-refractivity contribution in [2.45, 2.75) is 45.6 Å².